The molecule has 0 aliphatic heterocycles. The van der Waals surface area contributed by atoms with Crippen molar-refractivity contribution in [2.24, 2.45) is 0 Å². The third-order valence-electron chi connectivity index (χ3n) is 3.97. The van der Waals surface area contributed by atoms with Gasteiger partial charge >= 0.3 is 0 Å². The molecule has 134 valence electrons. The molecule has 0 saturated heterocycles. The van der Waals surface area contributed by atoms with Crippen molar-refractivity contribution in [1.29, 1.82) is 0 Å². The van der Waals surface area contributed by atoms with E-state index in [9.17, 15) is 0 Å². The first-order chi connectivity index (χ1) is 12.5. The molecule has 1 heterocycles. The lowest BCUT2D eigenvalue weighted by molar-refractivity contribution is 0.753. The van der Waals surface area contributed by atoms with Crippen LogP contribution in [0.3, 0.4) is 0 Å². The minimum absolute atomic E-state index is 0.267. The Labute approximate surface area is 163 Å². The molecule has 0 spiro atoms. The fraction of sp³-hybridized carbons (Fsp3) is 0.200. The summed E-state index contributed by atoms with van der Waals surface area (Å²) in [6, 6.07) is 17.4. The molecule has 3 rings (SSSR count). The van der Waals surface area contributed by atoms with Gasteiger partial charge in [0.1, 0.15) is 5.82 Å². The Morgan fingerprint density at radius 2 is 1.77 bits per heavy atom. The van der Waals surface area contributed by atoms with E-state index in [2.05, 4.69) is 34.4 Å². The van der Waals surface area contributed by atoms with Crippen LogP contribution in [0.15, 0.2) is 54.6 Å². The zero-order valence-electron chi connectivity index (χ0n) is 14.6. The van der Waals surface area contributed by atoms with Crippen molar-refractivity contribution in [1.82, 2.24) is 9.97 Å². The van der Waals surface area contributed by atoms with Crippen molar-refractivity contribution in [3.8, 4) is 11.3 Å². The Morgan fingerprint density at radius 3 is 2.50 bits per heavy atom. The number of halogens is 2. The largest absolute Gasteiger partial charge is 0.352 e. The Balaban J connectivity index is 2.00. The number of hydrogen-bond acceptors (Lipinski definition) is 4. The van der Waals surface area contributed by atoms with E-state index in [-0.39, 0.29) is 6.04 Å². The number of anilines is 3. The highest BCUT2D eigenvalue weighted by Gasteiger charge is 2.10. The molecule has 0 radical (unpaired) electrons. The molecule has 2 aromatic carbocycles. The number of nitrogens with one attached hydrogen (secondary N) is 2. The average molecular weight is 387 g/mol. The van der Waals surface area contributed by atoms with E-state index in [0.29, 0.717) is 27.5 Å². The van der Waals surface area contributed by atoms with Crippen molar-refractivity contribution in [2.45, 2.75) is 26.3 Å². The topological polar surface area (TPSA) is 49.8 Å². The summed E-state index contributed by atoms with van der Waals surface area (Å²) in [5.74, 6) is 1.22. The number of hydrogen-bond donors (Lipinski definition) is 2. The molecular weight excluding hydrogens is 367 g/mol. The van der Waals surface area contributed by atoms with E-state index in [1.54, 1.807) is 18.2 Å². The minimum Gasteiger partial charge on any atom is -0.352 e. The minimum atomic E-state index is 0.267. The SMILES string of the molecule is CC[C@H](C)Nc1nc(Nc2cc(Cl)ccc2Cl)cc(-c2ccccc2)n1. The van der Waals surface area contributed by atoms with Gasteiger partial charge in [-0.15, -0.1) is 0 Å². The molecule has 3 aromatic rings. The highest BCUT2D eigenvalue weighted by molar-refractivity contribution is 6.35. The molecule has 2 N–H and O–H groups in total. The van der Waals surface area contributed by atoms with Crippen molar-refractivity contribution in [2.75, 3.05) is 10.6 Å². The third kappa shape index (κ3) is 4.65. The second-order valence-electron chi connectivity index (χ2n) is 6.03. The number of rotatable bonds is 6. The zero-order chi connectivity index (χ0) is 18.5. The van der Waals surface area contributed by atoms with E-state index in [0.717, 1.165) is 17.7 Å². The van der Waals surface area contributed by atoms with Gasteiger partial charge in [0, 0.05) is 22.7 Å². The first-order valence-corrected chi connectivity index (χ1v) is 9.24. The maximum atomic E-state index is 6.27. The first kappa shape index (κ1) is 18.5. The predicted octanol–water partition coefficient (Wildman–Crippen LogP) is 6.40. The summed E-state index contributed by atoms with van der Waals surface area (Å²) in [5, 5.41) is 7.76. The van der Waals surface area contributed by atoms with Crippen molar-refractivity contribution < 1.29 is 0 Å². The first-order valence-electron chi connectivity index (χ1n) is 8.48. The molecule has 26 heavy (non-hydrogen) atoms. The number of benzene rings is 2. The molecule has 0 bridgehead atoms. The standard InChI is InChI=1S/C20H20Cl2N4/c1-3-13(2)23-20-25-17(14-7-5-4-6-8-14)12-19(26-20)24-18-11-15(21)9-10-16(18)22/h4-13H,3H2,1-2H3,(H2,23,24,25,26)/t13-/m0/s1. The van der Waals surface area contributed by atoms with Gasteiger partial charge in [0.25, 0.3) is 0 Å². The molecule has 1 atom stereocenters. The van der Waals surface area contributed by atoms with Gasteiger partial charge in [0.15, 0.2) is 0 Å². The maximum Gasteiger partial charge on any atom is 0.225 e. The summed E-state index contributed by atoms with van der Waals surface area (Å²) in [6.45, 7) is 4.21. The molecule has 0 fully saturated rings. The molecule has 4 nitrogen and oxygen atoms in total. The van der Waals surface area contributed by atoms with Crippen LogP contribution in [0.25, 0.3) is 11.3 Å². The van der Waals surface area contributed by atoms with Crippen LogP contribution in [-0.4, -0.2) is 16.0 Å². The van der Waals surface area contributed by atoms with Gasteiger partial charge in [-0.2, -0.15) is 4.98 Å². The summed E-state index contributed by atoms with van der Waals surface area (Å²) in [5.41, 5.74) is 2.54. The molecule has 0 unspecified atom stereocenters. The second-order valence-corrected chi connectivity index (χ2v) is 6.87. The van der Waals surface area contributed by atoms with Gasteiger partial charge in [-0.1, -0.05) is 60.5 Å². The fourth-order valence-corrected chi connectivity index (χ4v) is 2.72. The van der Waals surface area contributed by atoms with E-state index < -0.39 is 0 Å². The normalized spacial score (nSPS) is 11.8. The summed E-state index contributed by atoms with van der Waals surface area (Å²) < 4.78 is 0. The van der Waals surface area contributed by atoms with Gasteiger partial charge in [-0.25, -0.2) is 4.98 Å². The lowest BCUT2D eigenvalue weighted by Gasteiger charge is -2.15. The average Bonchev–Trinajstić information content (AvgIpc) is 2.65. The summed E-state index contributed by atoms with van der Waals surface area (Å²) in [7, 11) is 0. The quantitative estimate of drug-likeness (QED) is 0.514. The van der Waals surface area contributed by atoms with Crippen molar-refractivity contribution >= 4 is 40.7 Å². The van der Waals surface area contributed by atoms with Crippen LogP contribution in [0.1, 0.15) is 20.3 Å². The summed E-state index contributed by atoms with van der Waals surface area (Å²) >= 11 is 12.4. The van der Waals surface area contributed by atoms with E-state index in [1.165, 1.54) is 0 Å². The van der Waals surface area contributed by atoms with Crippen LogP contribution in [0.2, 0.25) is 10.0 Å². The third-order valence-corrected chi connectivity index (χ3v) is 4.54. The molecular formula is C20H20Cl2N4. The zero-order valence-corrected chi connectivity index (χ0v) is 16.1. The lowest BCUT2D eigenvalue weighted by Crippen LogP contribution is -2.16. The van der Waals surface area contributed by atoms with E-state index >= 15 is 0 Å². The molecule has 6 heteroatoms. The number of nitrogens with zero attached hydrogens (tertiary/aromatic N) is 2. The maximum absolute atomic E-state index is 6.27. The van der Waals surface area contributed by atoms with Crippen LogP contribution in [0, 0.1) is 0 Å². The van der Waals surface area contributed by atoms with Crippen LogP contribution < -0.4 is 10.6 Å². The monoisotopic (exact) mass is 386 g/mol. The van der Waals surface area contributed by atoms with Gasteiger partial charge in [-0.3, -0.25) is 0 Å². The molecule has 0 aliphatic carbocycles. The fourth-order valence-electron chi connectivity index (χ4n) is 2.39. The Bertz CT molecular complexity index is 884. The highest BCUT2D eigenvalue weighted by Crippen LogP contribution is 2.29. The predicted molar refractivity (Wildman–Crippen MR) is 111 cm³/mol. The van der Waals surface area contributed by atoms with Crippen molar-refractivity contribution in [3.05, 3.63) is 64.6 Å². The smallest absolute Gasteiger partial charge is 0.225 e. The van der Waals surface area contributed by atoms with Crippen LogP contribution in [0.4, 0.5) is 17.5 Å². The van der Waals surface area contributed by atoms with Gasteiger partial charge in [0.2, 0.25) is 5.95 Å². The second kappa shape index (κ2) is 8.39. The Kier molecular flexibility index (Phi) is 5.96. The van der Waals surface area contributed by atoms with Crippen LogP contribution in [0.5, 0.6) is 0 Å². The van der Waals surface area contributed by atoms with Gasteiger partial charge in [-0.05, 0) is 31.5 Å². The molecule has 0 saturated carbocycles. The summed E-state index contributed by atoms with van der Waals surface area (Å²) in [6.07, 6.45) is 0.974. The molecule has 0 aliphatic rings. The van der Waals surface area contributed by atoms with E-state index in [4.69, 9.17) is 23.2 Å². The summed E-state index contributed by atoms with van der Waals surface area (Å²) in [4.78, 5) is 9.23. The van der Waals surface area contributed by atoms with Crippen molar-refractivity contribution in [3.63, 3.8) is 0 Å². The molecule has 1 aromatic heterocycles. The van der Waals surface area contributed by atoms with Crippen LogP contribution in [-0.2, 0) is 0 Å². The molecule has 0 amide bonds. The van der Waals surface area contributed by atoms with E-state index in [1.807, 2.05) is 36.4 Å². The lowest BCUT2D eigenvalue weighted by atomic mass is 10.1. The van der Waals surface area contributed by atoms with Crippen LogP contribution >= 0.6 is 23.2 Å². The Hall–Kier alpha value is -2.30. The highest BCUT2D eigenvalue weighted by atomic mass is 35.5. The Morgan fingerprint density at radius 1 is 1.00 bits per heavy atom. The van der Waals surface area contributed by atoms with Gasteiger partial charge < -0.3 is 10.6 Å². The van der Waals surface area contributed by atoms with Gasteiger partial charge in [0.05, 0.1) is 16.4 Å². The number of aromatic nitrogens is 2.